The number of benzene rings is 1. The van der Waals surface area contributed by atoms with E-state index in [-0.39, 0.29) is 29.0 Å². The molecule has 33 heavy (non-hydrogen) atoms. The van der Waals surface area contributed by atoms with E-state index < -0.39 is 0 Å². The summed E-state index contributed by atoms with van der Waals surface area (Å²) in [5.74, 6) is -0.883. The maximum Gasteiger partial charge on any atom is 0.309 e. The maximum atomic E-state index is 13.6. The largest absolute Gasteiger partial charge is 0.466 e. The molecule has 1 aromatic carbocycles. The Morgan fingerprint density at radius 2 is 1.79 bits per heavy atom. The smallest absolute Gasteiger partial charge is 0.309 e. The van der Waals surface area contributed by atoms with Crippen molar-refractivity contribution < 1.29 is 18.7 Å². The molecule has 1 saturated heterocycles. The summed E-state index contributed by atoms with van der Waals surface area (Å²) in [6.07, 6.45) is 1.13. The van der Waals surface area contributed by atoms with Gasteiger partial charge in [-0.2, -0.15) is 5.10 Å². The Labute approximate surface area is 192 Å². The third-order valence-electron chi connectivity index (χ3n) is 5.96. The topological polar surface area (TPSA) is 76.8 Å². The summed E-state index contributed by atoms with van der Waals surface area (Å²) in [5.41, 5.74) is 2.85. The molecule has 1 aliphatic rings. The molecule has 3 heterocycles. The van der Waals surface area contributed by atoms with Crippen LogP contribution in [-0.2, 0) is 14.9 Å². The first-order valence-electron chi connectivity index (χ1n) is 11.3. The summed E-state index contributed by atoms with van der Waals surface area (Å²) in [6.45, 7) is 9.23. The SMILES string of the molecule is CCOC(=O)C1CCN(C(=O)c2cc(-c3ccc(F)cc3)nc3cc(C(C)(C)C)nn23)CC1. The van der Waals surface area contributed by atoms with Crippen molar-refractivity contribution in [1.29, 1.82) is 0 Å². The van der Waals surface area contributed by atoms with Crippen molar-refractivity contribution in [3.63, 3.8) is 0 Å². The molecule has 174 valence electrons. The van der Waals surface area contributed by atoms with Gasteiger partial charge < -0.3 is 9.64 Å². The van der Waals surface area contributed by atoms with Gasteiger partial charge in [-0.15, -0.1) is 0 Å². The summed E-state index contributed by atoms with van der Waals surface area (Å²) in [4.78, 5) is 32.1. The van der Waals surface area contributed by atoms with Gasteiger partial charge in [-0.25, -0.2) is 13.9 Å². The number of carbonyl (C=O) groups is 2. The van der Waals surface area contributed by atoms with Gasteiger partial charge in [-0.3, -0.25) is 9.59 Å². The van der Waals surface area contributed by atoms with Crippen molar-refractivity contribution >= 4 is 17.5 Å². The molecule has 1 amide bonds. The van der Waals surface area contributed by atoms with Gasteiger partial charge in [0.05, 0.1) is 23.9 Å². The summed E-state index contributed by atoms with van der Waals surface area (Å²) in [5, 5.41) is 4.69. The lowest BCUT2D eigenvalue weighted by Gasteiger charge is -2.31. The van der Waals surface area contributed by atoms with Crippen LogP contribution in [0.25, 0.3) is 16.9 Å². The molecule has 7 nitrogen and oxygen atoms in total. The monoisotopic (exact) mass is 452 g/mol. The average Bonchev–Trinajstić information content (AvgIpc) is 3.24. The standard InChI is InChI=1S/C25H29FN4O3/c1-5-33-24(32)17-10-12-29(13-11-17)23(31)20-14-19(16-6-8-18(26)9-7-16)27-22-15-21(25(2,3)4)28-30(20)22/h6-9,14-15,17H,5,10-13H2,1-4H3. The van der Waals surface area contributed by atoms with Crippen LogP contribution in [0.3, 0.4) is 0 Å². The van der Waals surface area contributed by atoms with Gasteiger partial charge in [-0.1, -0.05) is 20.8 Å². The van der Waals surface area contributed by atoms with Crippen molar-refractivity contribution in [2.75, 3.05) is 19.7 Å². The molecular formula is C25H29FN4O3. The third-order valence-corrected chi connectivity index (χ3v) is 5.96. The summed E-state index contributed by atoms with van der Waals surface area (Å²) >= 11 is 0. The molecule has 1 fully saturated rings. The molecule has 4 rings (SSSR count). The molecule has 0 bridgehead atoms. The highest BCUT2D eigenvalue weighted by Crippen LogP contribution is 2.27. The lowest BCUT2D eigenvalue weighted by atomic mass is 9.93. The number of amides is 1. The number of nitrogens with zero attached hydrogens (tertiary/aromatic N) is 4. The van der Waals surface area contributed by atoms with Crippen molar-refractivity contribution in [3.8, 4) is 11.3 Å². The molecule has 2 aromatic heterocycles. The Balaban J connectivity index is 1.70. The van der Waals surface area contributed by atoms with E-state index >= 15 is 0 Å². The maximum absolute atomic E-state index is 13.6. The molecule has 0 unspecified atom stereocenters. The number of esters is 1. The quantitative estimate of drug-likeness (QED) is 0.553. The molecule has 8 heteroatoms. The van der Waals surface area contributed by atoms with Crippen LogP contribution >= 0.6 is 0 Å². The van der Waals surface area contributed by atoms with E-state index in [0.29, 0.717) is 55.1 Å². The molecular weight excluding hydrogens is 423 g/mol. The van der Waals surface area contributed by atoms with Gasteiger partial charge in [-0.05, 0) is 50.1 Å². The van der Waals surface area contributed by atoms with Gasteiger partial charge in [0.2, 0.25) is 0 Å². The first-order valence-corrected chi connectivity index (χ1v) is 11.3. The Morgan fingerprint density at radius 1 is 1.12 bits per heavy atom. The number of likely N-dealkylation sites (tertiary alicyclic amines) is 1. The van der Waals surface area contributed by atoms with Crippen LogP contribution in [0.5, 0.6) is 0 Å². The van der Waals surface area contributed by atoms with Crippen LogP contribution in [0, 0.1) is 11.7 Å². The van der Waals surface area contributed by atoms with Crippen molar-refractivity contribution in [3.05, 3.63) is 53.6 Å². The van der Waals surface area contributed by atoms with E-state index in [1.807, 2.05) is 6.07 Å². The normalized spacial score (nSPS) is 15.1. The number of piperidine rings is 1. The first kappa shape index (κ1) is 22.9. The first-order chi connectivity index (χ1) is 15.7. The molecule has 1 aliphatic heterocycles. The minimum Gasteiger partial charge on any atom is -0.466 e. The zero-order valence-electron chi connectivity index (χ0n) is 19.5. The van der Waals surface area contributed by atoms with E-state index in [2.05, 4.69) is 25.9 Å². The Morgan fingerprint density at radius 3 is 2.39 bits per heavy atom. The second kappa shape index (κ2) is 8.92. The number of aromatic nitrogens is 3. The predicted octanol–water partition coefficient (Wildman–Crippen LogP) is 4.25. The number of carbonyl (C=O) groups excluding carboxylic acids is 2. The fourth-order valence-corrected chi connectivity index (χ4v) is 4.00. The van der Waals surface area contributed by atoms with Crippen molar-refractivity contribution in [2.45, 2.75) is 46.0 Å². The van der Waals surface area contributed by atoms with Crippen molar-refractivity contribution in [1.82, 2.24) is 19.5 Å². The Kier molecular flexibility index (Phi) is 6.19. The van der Waals surface area contributed by atoms with Gasteiger partial charge in [0.25, 0.3) is 5.91 Å². The minimum absolute atomic E-state index is 0.170. The minimum atomic E-state index is -0.333. The highest BCUT2D eigenvalue weighted by Gasteiger charge is 2.30. The number of fused-ring (bicyclic) bond motifs is 1. The molecule has 0 N–H and O–H groups in total. The zero-order chi connectivity index (χ0) is 23.8. The van der Waals surface area contributed by atoms with Crippen LogP contribution in [0.1, 0.15) is 56.7 Å². The van der Waals surface area contributed by atoms with Gasteiger partial charge in [0, 0.05) is 30.1 Å². The fraction of sp³-hybridized carbons (Fsp3) is 0.440. The number of rotatable bonds is 4. The molecule has 0 spiro atoms. The Hall–Kier alpha value is -3.29. The predicted molar refractivity (Wildman–Crippen MR) is 122 cm³/mol. The van der Waals surface area contributed by atoms with E-state index in [4.69, 9.17) is 9.72 Å². The zero-order valence-corrected chi connectivity index (χ0v) is 19.5. The van der Waals surface area contributed by atoms with Crippen LogP contribution in [0.2, 0.25) is 0 Å². The highest BCUT2D eigenvalue weighted by atomic mass is 19.1. The van der Waals surface area contributed by atoms with Crippen molar-refractivity contribution in [2.24, 2.45) is 5.92 Å². The summed E-state index contributed by atoms with van der Waals surface area (Å²) < 4.78 is 20.2. The lowest BCUT2D eigenvalue weighted by molar-refractivity contribution is -0.149. The van der Waals surface area contributed by atoms with Crippen LogP contribution in [0.4, 0.5) is 4.39 Å². The number of hydrogen-bond acceptors (Lipinski definition) is 5. The molecule has 0 radical (unpaired) electrons. The average molecular weight is 453 g/mol. The fourth-order valence-electron chi connectivity index (χ4n) is 4.00. The lowest BCUT2D eigenvalue weighted by Crippen LogP contribution is -2.41. The van der Waals surface area contributed by atoms with E-state index in [0.717, 1.165) is 5.69 Å². The number of ether oxygens (including phenoxy) is 1. The number of halogens is 1. The molecule has 0 aliphatic carbocycles. The van der Waals surface area contributed by atoms with Gasteiger partial charge in [0.15, 0.2) is 5.65 Å². The van der Waals surface area contributed by atoms with Crippen LogP contribution < -0.4 is 0 Å². The second-order valence-electron chi connectivity index (χ2n) is 9.40. The van der Waals surface area contributed by atoms with Gasteiger partial charge >= 0.3 is 5.97 Å². The highest BCUT2D eigenvalue weighted by molar-refractivity contribution is 5.94. The van der Waals surface area contributed by atoms with E-state index in [1.165, 1.54) is 12.1 Å². The second-order valence-corrected chi connectivity index (χ2v) is 9.40. The Bertz CT molecular complexity index is 1170. The van der Waals surface area contributed by atoms with Gasteiger partial charge in [0.1, 0.15) is 11.5 Å². The molecule has 3 aromatic rings. The van der Waals surface area contributed by atoms with E-state index in [9.17, 15) is 14.0 Å². The number of hydrogen-bond donors (Lipinski definition) is 0. The van der Waals surface area contributed by atoms with E-state index in [1.54, 1.807) is 34.5 Å². The van der Waals surface area contributed by atoms with Crippen LogP contribution in [0.15, 0.2) is 36.4 Å². The third kappa shape index (κ3) is 4.74. The molecule has 0 saturated carbocycles. The van der Waals surface area contributed by atoms with Crippen LogP contribution in [-0.4, -0.2) is 51.1 Å². The molecule has 0 atom stereocenters. The summed E-state index contributed by atoms with van der Waals surface area (Å²) in [6, 6.07) is 9.64. The summed E-state index contributed by atoms with van der Waals surface area (Å²) in [7, 11) is 0.